The van der Waals surface area contributed by atoms with E-state index in [0.29, 0.717) is 11.8 Å². The maximum Gasteiger partial charge on any atom is 0.310 e. The average Bonchev–Trinajstić information content (AvgIpc) is 2.56. The van der Waals surface area contributed by atoms with E-state index in [0.717, 1.165) is 38.5 Å². The predicted molar refractivity (Wildman–Crippen MR) is 95.5 cm³/mol. The van der Waals surface area contributed by atoms with Gasteiger partial charge in [-0.25, -0.2) is 0 Å². The van der Waals surface area contributed by atoms with Gasteiger partial charge < -0.3 is 9.47 Å². The van der Waals surface area contributed by atoms with Crippen molar-refractivity contribution < 1.29 is 19.1 Å². The van der Waals surface area contributed by atoms with E-state index >= 15 is 0 Å². The summed E-state index contributed by atoms with van der Waals surface area (Å²) in [6.45, 7) is 12.3. The fourth-order valence-corrected chi connectivity index (χ4v) is 3.55. The Hall–Kier alpha value is -1.06. The van der Waals surface area contributed by atoms with E-state index in [-0.39, 0.29) is 36.0 Å². The quantitative estimate of drug-likeness (QED) is 0.598. The van der Waals surface area contributed by atoms with Crippen molar-refractivity contribution in [2.45, 2.75) is 92.3 Å². The second-order valence-electron chi connectivity index (χ2n) is 7.75. The third-order valence-electron chi connectivity index (χ3n) is 5.20. The van der Waals surface area contributed by atoms with Crippen molar-refractivity contribution in [2.24, 2.45) is 23.7 Å². The Labute approximate surface area is 147 Å². The molecule has 1 aliphatic rings. The molecule has 140 valence electrons. The van der Waals surface area contributed by atoms with Gasteiger partial charge in [0.15, 0.2) is 0 Å². The number of hydrogen-bond donors (Lipinski definition) is 0. The van der Waals surface area contributed by atoms with Gasteiger partial charge in [-0.2, -0.15) is 0 Å². The Morgan fingerprint density at radius 1 is 0.792 bits per heavy atom. The molecule has 4 nitrogen and oxygen atoms in total. The number of rotatable bonds is 8. The maximum absolute atomic E-state index is 12.6. The van der Waals surface area contributed by atoms with Crippen LogP contribution in [0, 0.1) is 23.7 Å². The molecule has 0 spiro atoms. The standard InChI is InChI=1S/C20H36O4/c1-7-17(13(3)4)23-19(21)15-11-9-10-12-16(15)20(22)24-18(8-2)14(5)6/h13-18H,7-12H2,1-6H3. The van der Waals surface area contributed by atoms with Crippen LogP contribution in [0.15, 0.2) is 0 Å². The highest BCUT2D eigenvalue weighted by Crippen LogP contribution is 2.33. The number of esters is 2. The zero-order chi connectivity index (χ0) is 18.3. The van der Waals surface area contributed by atoms with Crippen molar-refractivity contribution in [3.8, 4) is 0 Å². The number of hydrogen-bond acceptors (Lipinski definition) is 4. The van der Waals surface area contributed by atoms with E-state index in [2.05, 4.69) is 27.7 Å². The van der Waals surface area contributed by atoms with E-state index in [9.17, 15) is 9.59 Å². The van der Waals surface area contributed by atoms with Crippen LogP contribution in [0.3, 0.4) is 0 Å². The van der Waals surface area contributed by atoms with Crippen LogP contribution in [0.4, 0.5) is 0 Å². The van der Waals surface area contributed by atoms with Gasteiger partial charge in [0, 0.05) is 0 Å². The minimum absolute atomic E-state index is 0.0739. The molecule has 1 saturated carbocycles. The molecule has 0 aromatic carbocycles. The molecule has 0 aliphatic heterocycles. The van der Waals surface area contributed by atoms with Crippen LogP contribution in [0.5, 0.6) is 0 Å². The Bertz CT molecular complexity index is 364. The summed E-state index contributed by atoms with van der Waals surface area (Å²) >= 11 is 0. The van der Waals surface area contributed by atoms with Gasteiger partial charge in [0.2, 0.25) is 0 Å². The fourth-order valence-electron chi connectivity index (χ4n) is 3.55. The van der Waals surface area contributed by atoms with E-state index in [1.807, 2.05) is 13.8 Å². The summed E-state index contributed by atoms with van der Waals surface area (Å²) in [6, 6.07) is 0. The average molecular weight is 341 g/mol. The van der Waals surface area contributed by atoms with Gasteiger partial charge in [-0.15, -0.1) is 0 Å². The van der Waals surface area contributed by atoms with Gasteiger partial charge in [-0.3, -0.25) is 9.59 Å². The Balaban J connectivity index is 2.76. The first-order chi connectivity index (χ1) is 11.3. The molecule has 0 aromatic rings. The molecule has 0 N–H and O–H groups in total. The molecule has 1 rings (SSSR count). The summed E-state index contributed by atoms with van der Waals surface area (Å²) in [5.41, 5.74) is 0. The summed E-state index contributed by atoms with van der Waals surface area (Å²) in [6.07, 6.45) is 4.86. The zero-order valence-electron chi connectivity index (χ0n) is 16.3. The lowest BCUT2D eigenvalue weighted by Gasteiger charge is -2.32. The molecule has 0 bridgehead atoms. The van der Waals surface area contributed by atoms with Gasteiger partial charge >= 0.3 is 11.9 Å². The van der Waals surface area contributed by atoms with E-state index < -0.39 is 0 Å². The fraction of sp³-hybridized carbons (Fsp3) is 0.900. The second kappa shape index (κ2) is 10.0. The molecule has 4 atom stereocenters. The monoisotopic (exact) mass is 340 g/mol. The van der Waals surface area contributed by atoms with Crippen molar-refractivity contribution >= 4 is 11.9 Å². The Morgan fingerprint density at radius 3 is 1.38 bits per heavy atom. The molecular formula is C20H36O4. The Morgan fingerprint density at radius 2 is 1.12 bits per heavy atom. The molecule has 0 aromatic heterocycles. The minimum atomic E-state index is -0.344. The van der Waals surface area contributed by atoms with Crippen LogP contribution in [-0.4, -0.2) is 24.1 Å². The number of ether oxygens (including phenoxy) is 2. The maximum atomic E-state index is 12.6. The summed E-state index contributed by atoms with van der Waals surface area (Å²) in [7, 11) is 0. The summed E-state index contributed by atoms with van der Waals surface area (Å²) in [5.74, 6) is -0.534. The van der Waals surface area contributed by atoms with Crippen LogP contribution in [-0.2, 0) is 19.1 Å². The van der Waals surface area contributed by atoms with Crippen molar-refractivity contribution in [1.29, 1.82) is 0 Å². The lowest BCUT2D eigenvalue weighted by Crippen LogP contribution is -2.39. The van der Waals surface area contributed by atoms with Crippen molar-refractivity contribution in [3.05, 3.63) is 0 Å². The number of carbonyl (C=O) groups excluding carboxylic acids is 2. The van der Waals surface area contributed by atoms with Crippen LogP contribution < -0.4 is 0 Å². The topological polar surface area (TPSA) is 52.6 Å². The highest BCUT2D eigenvalue weighted by molar-refractivity contribution is 5.82. The normalized spacial score (nSPS) is 23.8. The smallest absolute Gasteiger partial charge is 0.310 e. The van der Waals surface area contributed by atoms with Gasteiger partial charge in [0.05, 0.1) is 11.8 Å². The molecule has 1 fully saturated rings. The van der Waals surface area contributed by atoms with E-state index in [1.54, 1.807) is 0 Å². The first-order valence-electron chi connectivity index (χ1n) is 9.72. The molecule has 4 heteroatoms. The summed E-state index contributed by atoms with van der Waals surface area (Å²) < 4.78 is 11.4. The van der Waals surface area contributed by atoms with Crippen molar-refractivity contribution in [2.75, 3.05) is 0 Å². The minimum Gasteiger partial charge on any atom is -0.462 e. The van der Waals surface area contributed by atoms with Crippen molar-refractivity contribution in [1.82, 2.24) is 0 Å². The Kier molecular flexibility index (Phi) is 8.79. The molecule has 4 unspecified atom stereocenters. The van der Waals surface area contributed by atoms with E-state index in [4.69, 9.17) is 9.47 Å². The SMILES string of the molecule is CCC(OC(=O)C1CCCCC1C(=O)OC(CC)C(C)C)C(C)C. The molecular weight excluding hydrogens is 304 g/mol. The van der Waals surface area contributed by atoms with Crippen molar-refractivity contribution in [3.63, 3.8) is 0 Å². The first-order valence-corrected chi connectivity index (χ1v) is 9.72. The zero-order valence-corrected chi connectivity index (χ0v) is 16.3. The van der Waals surface area contributed by atoms with Crippen LogP contribution in [0.1, 0.15) is 80.1 Å². The third kappa shape index (κ3) is 5.78. The van der Waals surface area contributed by atoms with Gasteiger partial charge in [0.1, 0.15) is 12.2 Å². The largest absolute Gasteiger partial charge is 0.462 e. The molecule has 0 saturated heterocycles. The predicted octanol–water partition coefficient (Wildman–Crippen LogP) is 4.75. The second-order valence-corrected chi connectivity index (χ2v) is 7.75. The number of carbonyl (C=O) groups is 2. The highest BCUT2D eigenvalue weighted by Gasteiger charge is 2.39. The molecule has 0 heterocycles. The van der Waals surface area contributed by atoms with Crippen LogP contribution in [0.2, 0.25) is 0 Å². The lowest BCUT2D eigenvalue weighted by molar-refractivity contribution is -0.171. The molecule has 0 amide bonds. The third-order valence-corrected chi connectivity index (χ3v) is 5.20. The molecule has 0 radical (unpaired) electrons. The molecule has 1 aliphatic carbocycles. The van der Waals surface area contributed by atoms with Gasteiger partial charge in [-0.1, -0.05) is 54.4 Å². The first kappa shape index (κ1) is 21.0. The van der Waals surface area contributed by atoms with E-state index in [1.165, 1.54) is 0 Å². The summed E-state index contributed by atoms with van der Waals surface area (Å²) in [4.78, 5) is 25.3. The lowest BCUT2D eigenvalue weighted by atomic mass is 9.79. The highest BCUT2D eigenvalue weighted by atomic mass is 16.6. The van der Waals surface area contributed by atoms with Gasteiger partial charge in [0.25, 0.3) is 0 Å². The molecule has 24 heavy (non-hydrogen) atoms. The summed E-state index contributed by atoms with van der Waals surface area (Å²) in [5, 5.41) is 0. The van der Waals surface area contributed by atoms with Crippen LogP contribution >= 0.6 is 0 Å². The van der Waals surface area contributed by atoms with Crippen LogP contribution in [0.25, 0.3) is 0 Å². The van der Waals surface area contributed by atoms with Gasteiger partial charge in [-0.05, 0) is 37.5 Å².